The summed E-state index contributed by atoms with van der Waals surface area (Å²) in [6, 6.07) is 8.34. The quantitative estimate of drug-likeness (QED) is 0.806. The van der Waals surface area contributed by atoms with Gasteiger partial charge >= 0.3 is 5.97 Å². The summed E-state index contributed by atoms with van der Waals surface area (Å²) in [6.07, 6.45) is 0. The van der Waals surface area contributed by atoms with Gasteiger partial charge in [-0.05, 0) is 24.6 Å². The lowest BCUT2D eigenvalue weighted by molar-refractivity contribution is -0.136. The first-order valence-electron chi connectivity index (χ1n) is 5.07. The molecule has 0 saturated heterocycles. The molecule has 0 bridgehead atoms. The standard InChI is InChI=1S/C11H12N2O4S/c1-8(11(14)15)18(16,17)13-7-10-4-2-3-9(5-10)6-12/h2-5,8,13H,7H2,1H3,(H,14,15). The van der Waals surface area contributed by atoms with E-state index in [9.17, 15) is 13.2 Å². The first-order chi connectivity index (χ1) is 8.36. The Kier molecular flexibility index (Phi) is 4.42. The van der Waals surface area contributed by atoms with Gasteiger partial charge in [0, 0.05) is 6.54 Å². The maximum atomic E-state index is 11.5. The fourth-order valence-electron chi connectivity index (χ4n) is 1.19. The summed E-state index contributed by atoms with van der Waals surface area (Å²) in [4.78, 5) is 10.6. The molecule has 0 radical (unpaired) electrons. The first-order valence-corrected chi connectivity index (χ1v) is 6.62. The second-order valence-electron chi connectivity index (χ2n) is 3.66. The zero-order valence-corrected chi connectivity index (χ0v) is 10.4. The second kappa shape index (κ2) is 5.62. The van der Waals surface area contributed by atoms with E-state index in [0.717, 1.165) is 6.92 Å². The van der Waals surface area contributed by atoms with E-state index >= 15 is 0 Å². The van der Waals surface area contributed by atoms with Crippen LogP contribution >= 0.6 is 0 Å². The van der Waals surface area contributed by atoms with E-state index in [2.05, 4.69) is 4.72 Å². The fourth-order valence-corrected chi connectivity index (χ4v) is 2.08. The lowest BCUT2D eigenvalue weighted by Crippen LogP contribution is -2.37. The molecule has 6 nitrogen and oxygen atoms in total. The topological polar surface area (TPSA) is 107 Å². The predicted molar refractivity (Wildman–Crippen MR) is 64.0 cm³/mol. The molecule has 1 rings (SSSR count). The number of carboxylic acid groups (broad SMARTS) is 1. The molecule has 0 amide bonds. The van der Waals surface area contributed by atoms with Crippen molar-refractivity contribution in [1.82, 2.24) is 4.72 Å². The highest BCUT2D eigenvalue weighted by molar-refractivity contribution is 7.90. The van der Waals surface area contributed by atoms with Crippen LogP contribution < -0.4 is 4.72 Å². The Morgan fingerprint density at radius 1 is 1.56 bits per heavy atom. The highest BCUT2D eigenvalue weighted by atomic mass is 32.2. The van der Waals surface area contributed by atoms with E-state index in [1.807, 2.05) is 6.07 Å². The van der Waals surface area contributed by atoms with Crippen molar-refractivity contribution in [2.24, 2.45) is 0 Å². The Morgan fingerprint density at radius 2 is 2.22 bits per heavy atom. The van der Waals surface area contributed by atoms with Gasteiger partial charge in [-0.3, -0.25) is 4.79 Å². The number of rotatable bonds is 5. The highest BCUT2D eigenvalue weighted by Gasteiger charge is 2.26. The lowest BCUT2D eigenvalue weighted by Gasteiger charge is -2.10. The maximum absolute atomic E-state index is 11.5. The number of hydrogen-bond donors (Lipinski definition) is 2. The van der Waals surface area contributed by atoms with Crippen LogP contribution in [0, 0.1) is 11.3 Å². The van der Waals surface area contributed by atoms with E-state index < -0.39 is 21.2 Å². The Bertz CT molecular complexity index is 589. The molecule has 7 heteroatoms. The van der Waals surface area contributed by atoms with E-state index in [4.69, 9.17) is 10.4 Å². The molecule has 2 N–H and O–H groups in total. The number of aliphatic carboxylic acids is 1. The second-order valence-corrected chi connectivity index (χ2v) is 5.74. The molecule has 0 heterocycles. The van der Waals surface area contributed by atoms with Crippen LogP contribution in [0.3, 0.4) is 0 Å². The molecular weight excluding hydrogens is 256 g/mol. The molecule has 0 aliphatic heterocycles. The SMILES string of the molecule is CC(C(=O)O)S(=O)(=O)NCc1cccc(C#N)c1. The minimum absolute atomic E-state index is 0.0462. The summed E-state index contributed by atoms with van der Waals surface area (Å²) in [5, 5.41) is 15.8. The van der Waals surface area contributed by atoms with Crippen LogP contribution in [-0.4, -0.2) is 24.7 Å². The zero-order valence-electron chi connectivity index (χ0n) is 9.62. The Balaban J connectivity index is 2.76. The van der Waals surface area contributed by atoms with Crippen LogP contribution in [0.15, 0.2) is 24.3 Å². The molecule has 0 aromatic heterocycles. The zero-order chi connectivity index (χ0) is 13.8. The highest BCUT2D eigenvalue weighted by Crippen LogP contribution is 2.06. The lowest BCUT2D eigenvalue weighted by atomic mass is 10.1. The van der Waals surface area contributed by atoms with Gasteiger partial charge in [0.1, 0.15) is 0 Å². The fraction of sp³-hybridized carbons (Fsp3) is 0.273. The molecule has 1 unspecified atom stereocenters. The van der Waals surface area contributed by atoms with Gasteiger partial charge in [-0.25, -0.2) is 13.1 Å². The summed E-state index contributed by atoms with van der Waals surface area (Å²) in [7, 11) is -3.91. The van der Waals surface area contributed by atoms with Crippen molar-refractivity contribution in [2.45, 2.75) is 18.7 Å². The normalized spacial score (nSPS) is 12.7. The predicted octanol–water partition coefficient (Wildman–Crippen LogP) is 0.451. The molecule has 0 spiro atoms. The van der Waals surface area contributed by atoms with Gasteiger partial charge in [-0.15, -0.1) is 0 Å². The van der Waals surface area contributed by atoms with Gasteiger partial charge in [0.2, 0.25) is 10.0 Å². The van der Waals surface area contributed by atoms with Gasteiger partial charge in [0.25, 0.3) is 0 Å². The van der Waals surface area contributed by atoms with Gasteiger partial charge in [0.05, 0.1) is 11.6 Å². The van der Waals surface area contributed by atoms with Crippen LogP contribution in [0.1, 0.15) is 18.1 Å². The third-order valence-corrected chi connectivity index (χ3v) is 4.03. The molecule has 0 saturated carbocycles. The summed E-state index contributed by atoms with van der Waals surface area (Å²) in [5.41, 5.74) is 1.01. The molecule has 0 aliphatic carbocycles. The number of sulfonamides is 1. The molecule has 1 aromatic rings. The van der Waals surface area contributed by atoms with Crippen LogP contribution in [0.2, 0.25) is 0 Å². The Hall–Kier alpha value is -1.91. The van der Waals surface area contributed by atoms with Gasteiger partial charge in [-0.1, -0.05) is 12.1 Å². The van der Waals surface area contributed by atoms with Crippen LogP contribution in [0.5, 0.6) is 0 Å². The van der Waals surface area contributed by atoms with Gasteiger partial charge < -0.3 is 5.11 Å². The number of benzene rings is 1. The Morgan fingerprint density at radius 3 is 2.78 bits per heavy atom. The minimum atomic E-state index is -3.91. The van der Waals surface area contributed by atoms with Gasteiger partial charge in [-0.2, -0.15) is 5.26 Å². The first kappa shape index (κ1) is 14.2. The van der Waals surface area contributed by atoms with Crippen molar-refractivity contribution in [3.8, 4) is 6.07 Å². The van der Waals surface area contributed by atoms with Crippen molar-refractivity contribution < 1.29 is 18.3 Å². The van der Waals surface area contributed by atoms with Crippen molar-refractivity contribution in [3.63, 3.8) is 0 Å². The van der Waals surface area contributed by atoms with Crippen LogP contribution in [0.25, 0.3) is 0 Å². The maximum Gasteiger partial charge on any atom is 0.323 e. The molecular formula is C11H12N2O4S. The number of carbonyl (C=O) groups is 1. The average Bonchev–Trinajstić information content (AvgIpc) is 2.35. The van der Waals surface area contributed by atoms with E-state index in [0.29, 0.717) is 11.1 Å². The number of nitrogens with zero attached hydrogens (tertiary/aromatic N) is 1. The van der Waals surface area contributed by atoms with Crippen molar-refractivity contribution >= 4 is 16.0 Å². The van der Waals surface area contributed by atoms with E-state index in [1.165, 1.54) is 6.07 Å². The third kappa shape index (κ3) is 3.55. The summed E-state index contributed by atoms with van der Waals surface area (Å²) < 4.78 is 25.3. The molecule has 0 aliphatic rings. The number of carboxylic acids is 1. The molecule has 18 heavy (non-hydrogen) atoms. The van der Waals surface area contributed by atoms with Crippen molar-refractivity contribution in [2.75, 3.05) is 0 Å². The summed E-state index contributed by atoms with van der Waals surface area (Å²) >= 11 is 0. The number of hydrogen-bond acceptors (Lipinski definition) is 4. The molecule has 1 aromatic carbocycles. The summed E-state index contributed by atoms with van der Waals surface area (Å²) in [5.74, 6) is -1.41. The van der Waals surface area contributed by atoms with Crippen LogP contribution in [0.4, 0.5) is 0 Å². The largest absolute Gasteiger partial charge is 0.480 e. The van der Waals surface area contributed by atoms with E-state index in [-0.39, 0.29) is 6.54 Å². The Labute approximate surface area is 105 Å². The van der Waals surface area contributed by atoms with Crippen molar-refractivity contribution in [3.05, 3.63) is 35.4 Å². The smallest absolute Gasteiger partial charge is 0.323 e. The van der Waals surface area contributed by atoms with Crippen molar-refractivity contribution in [1.29, 1.82) is 5.26 Å². The number of nitrogens with one attached hydrogen (secondary N) is 1. The van der Waals surface area contributed by atoms with Gasteiger partial charge in [0.15, 0.2) is 5.25 Å². The minimum Gasteiger partial charge on any atom is -0.480 e. The monoisotopic (exact) mass is 268 g/mol. The van der Waals surface area contributed by atoms with Crippen LogP contribution in [-0.2, 0) is 21.4 Å². The average molecular weight is 268 g/mol. The molecule has 96 valence electrons. The summed E-state index contributed by atoms with van der Waals surface area (Å²) in [6.45, 7) is 1.05. The van der Waals surface area contributed by atoms with E-state index in [1.54, 1.807) is 18.2 Å². The molecule has 0 fully saturated rings. The third-order valence-electron chi connectivity index (χ3n) is 2.35. The number of nitriles is 1. The molecule has 1 atom stereocenters.